The van der Waals surface area contributed by atoms with Gasteiger partial charge in [0.25, 0.3) is 0 Å². The standard InChI is InChI=1S/C17H19N5O2S/c1-3-10-21-14(13-7-5-4-6-8-13)19-20-17(21)25-12(2)15(23)22-11-9-18-16(22)24/h3-8,12H,1,9-11H2,2H3,(H,18,24)/t12-/m0/s1. The van der Waals surface area contributed by atoms with Crippen LogP contribution in [0, 0.1) is 0 Å². The first-order valence-electron chi connectivity index (χ1n) is 7.97. The summed E-state index contributed by atoms with van der Waals surface area (Å²) in [5.41, 5.74) is 0.946. The molecule has 25 heavy (non-hydrogen) atoms. The molecule has 0 radical (unpaired) electrons. The Hall–Kier alpha value is -2.61. The summed E-state index contributed by atoms with van der Waals surface area (Å²) in [4.78, 5) is 25.4. The van der Waals surface area contributed by atoms with E-state index >= 15 is 0 Å². The van der Waals surface area contributed by atoms with E-state index in [0.29, 0.717) is 24.8 Å². The van der Waals surface area contributed by atoms with E-state index < -0.39 is 5.25 Å². The zero-order chi connectivity index (χ0) is 17.8. The molecule has 1 aromatic carbocycles. The van der Waals surface area contributed by atoms with E-state index in [1.807, 2.05) is 34.9 Å². The number of thioether (sulfide) groups is 1. The SMILES string of the molecule is C=CCn1c(S[C@@H](C)C(=O)N2CCNC2=O)nnc1-c1ccccc1. The van der Waals surface area contributed by atoms with Crippen LogP contribution in [0.25, 0.3) is 11.4 Å². The van der Waals surface area contributed by atoms with E-state index in [9.17, 15) is 9.59 Å². The topological polar surface area (TPSA) is 80.1 Å². The van der Waals surface area contributed by atoms with E-state index in [0.717, 1.165) is 11.4 Å². The van der Waals surface area contributed by atoms with Crippen LogP contribution in [0.15, 0.2) is 48.1 Å². The van der Waals surface area contributed by atoms with Gasteiger partial charge in [-0.05, 0) is 6.92 Å². The highest BCUT2D eigenvalue weighted by Crippen LogP contribution is 2.27. The van der Waals surface area contributed by atoms with Gasteiger partial charge in [0, 0.05) is 25.2 Å². The smallest absolute Gasteiger partial charge is 0.324 e. The second-order valence-corrected chi connectivity index (χ2v) is 6.86. The fraction of sp³-hybridized carbons (Fsp3) is 0.294. The third-order valence-electron chi connectivity index (χ3n) is 3.81. The Morgan fingerprint density at radius 2 is 2.16 bits per heavy atom. The minimum atomic E-state index is -0.444. The van der Waals surface area contributed by atoms with Crippen LogP contribution in [-0.4, -0.2) is 49.9 Å². The zero-order valence-corrected chi connectivity index (χ0v) is 14.7. The maximum absolute atomic E-state index is 12.5. The van der Waals surface area contributed by atoms with Gasteiger partial charge >= 0.3 is 6.03 Å². The number of carbonyl (C=O) groups is 2. The molecule has 1 saturated heterocycles. The van der Waals surface area contributed by atoms with Gasteiger partial charge in [-0.2, -0.15) is 0 Å². The van der Waals surface area contributed by atoms with Crippen molar-refractivity contribution in [2.24, 2.45) is 0 Å². The lowest BCUT2D eigenvalue weighted by atomic mass is 10.2. The molecule has 1 fully saturated rings. The lowest BCUT2D eigenvalue weighted by Crippen LogP contribution is -2.39. The van der Waals surface area contributed by atoms with Crippen molar-refractivity contribution in [3.8, 4) is 11.4 Å². The molecule has 1 aliphatic heterocycles. The van der Waals surface area contributed by atoms with Gasteiger partial charge < -0.3 is 5.32 Å². The molecule has 130 valence electrons. The molecular weight excluding hydrogens is 338 g/mol. The predicted octanol–water partition coefficient (Wildman–Crippen LogP) is 2.16. The fourth-order valence-electron chi connectivity index (χ4n) is 2.58. The largest absolute Gasteiger partial charge is 0.336 e. The van der Waals surface area contributed by atoms with Gasteiger partial charge in [-0.25, -0.2) is 4.79 Å². The first kappa shape index (κ1) is 17.2. The fourth-order valence-corrected chi connectivity index (χ4v) is 3.50. The molecule has 1 atom stereocenters. The summed E-state index contributed by atoms with van der Waals surface area (Å²) in [7, 11) is 0. The molecule has 1 aromatic heterocycles. The van der Waals surface area contributed by atoms with Gasteiger partial charge in [0.1, 0.15) is 0 Å². The number of hydrogen-bond acceptors (Lipinski definition) is 5. The summed E-state index contributed by atoms with van der Waals surface area (Å²) in [6.07, 6.45) is 1.76. The molecule has 3 amide bonds. The van der Waals surface area contributed by atoms with Crippen molar-refractivity contribution < 1.29 is 9.59 Å². The van der Waals surface area contributed by atoms with Gasteiger partial charge in [-0.15, -0.1) is 16.8 Å². The molecule has 0 bridgehead atoms. The molecule has 0 unspecified atom stereocenters. The molecular formula is C17H19N5O2S. The summed E-state index contributed by atoms with van der Waals surface area (Å²) in [6.45, 7) is 6.98. The molecule has 0 saturated carbocycles. The summed E-state index contributed by atoms with van der Waals surface area (Å²) in [5.74, 6) is 0.496. The van der Waals surface area contributed by atoms with E-state index in [-0.39, 0.29) is 11.9 Å². The number of hydrogen-bond donors (Lipinski definition) is 1. The minimum Gasteiger partial charge on any atom is -0.336 e. The predicted molar refractivity (Wildman–Crippen MR) is 96.1 cm³/mol. The van der Waals surface area contributed by atoms with Crippen LogP contribution >= 0.6 is 11.8 Å². The molecule has 0 spiro atoms. The third kappa shape index (κ3) is 3.58. The van der Waals surface area contributed by atoms with Crippen molar-refractivity contribution in [2.75, 3.05) is 13.1 Å². The van der Waals surface area contributed by atoms with Crippen LogP contribution in [0.3, 0.4) is 0 Å². The van der Waals surface area contributed by atoms with E-state index in [1.54, 1.807) is 13.0 Å². The Balaban J connectivity index is 1.82. The summed E-state index contributed by atoms with van der Waals surface area (Å²) in [5, 5.41) is 11.3. The Morgan fingerprint density at radius 1 is 1.40 bits per heavy atom. The van der Waals surface area contributed by atoms with Gasteiger partial charge in [0.05, 0.1) is 5.25 Å². The molecule has 0 aliphatic carbocycles. The Kier molecular flexibility index (Phi) is 5.18. The molecule has 7 nitrogen and oxygen atoms in total. The number of aromatic nitrogens is 3. The summed E-state index contributed by atoms with van der Waals surface area (Å²) in [6, 6.07) is 9.40. The van der Waals surface area contributed by atoms with Crippen molar-refractivity contribution in [3.63, 3.8) is 0 Å². The zero-order valence-electron chi connectivity index (χ0n) is 13.9. The molecule has 1 N–H and O–H groups in total. The van der Waals surface area contributed by atoms with Gasteiger partial charge in [0.15, 0.2) is 11.0 Å². The van der Waals surface area contributed by atoms with Crippen LogP contribution in [0.1, 0.15) is 6.92 Å². The molecule has 3 rings (SSSR count). The Morgan fingerprint density at radius 3 is 2.80 bits per heavy atom. The Labute approximate surface area is 150 Å². The van der Waals surface area contributed by atoms with Crippen LogP contribution in [-0.2, 0) is 11.3 Å². The average molecular weight is 357 g/mol. The quantitative estimate of drug-likeness (QED) is 0.633. The number of allylic oxidation sites excluding steroid dienone is 1. The van der Waals surface area contributed by atoms with Gasteiger partial charge in [0.2, 0.25) is 5.91 Å². The molecule has 2 aromatic rings. The maximum atomic E-state index is 12.5. The molecule has 2 heterocycles. The highest BCUT2D eigenvalue weighted by atomic mass is 32.2. The van der Waals surface area contributed by atoms with Crippen molar-refractivity contribution >= 4 is 23.7 Å². The lowest BCUT2D eigenvalue weighted by Gasteiger charge is -2.17. The van der Waals surface area contributed by atoms with Crippen LogP contribution in [0.2, 0.25) is 0 Å². The first-order valence-corrected chi connectivity index (χ1v) is 8.85. The number of urea groups is 1. The second kappa shape index (κ2) is 7.52. The highest BCUT2D eigenvalue weighted by Gasteiger charge is 2.31. The van der Waals surface area contributed by atoms with E-state index in [1.165, 1.54) is 16.7 Å². The number of imide groups is 1. The van der Waals surface area contributed by atoms with Crippen molar-refractivity contribution in [2.45, 2.75) is 23.9 Å². The second-order valence-electron chi connectivity index (χ2n) is 5.55. The van der Waals surface area contributed by atoms with E-state index in [2.05, 4.69) is 22.1 Å². The normalized spacial score (nSPS) is 15.1. The van der Waals surface area contributed by atoms with Crippen LogP contribution in [0.5, 0.6) is 0 Å². The third-order valence-corrected chi connectivity index (χ3v) is 4.88. The number of nitrogens with zero attached hydrogens (tertiary/aromatic N) is 4. The van der Waals surface area contributed by atoms with Crippen LogP contribution < -0.4 is 5.32 Å². The summed E-state index contributed by atoms with van der Waals surface area (Å²) >= 11 is 1.29. The lowest BCUT2D eigenvalue weighted by molar-refractivity contribution is -0.126. The average Bonchev–Trinajstić information content (AvgIpc) is 3.22. The molecule has 1 aliphatic rings. The number of benzene rings is 1. The highest BCUT2D eigenvalue weighted by molar-refractivity contribution is 8.00. The summed E-state index contributed by atoms with van der Waals surface area (Å²) < 4.78 is 1.92. The monoisotopic (exact) mass is 357 g/mol. The van der Waals surface area contributed by atoms with Crippen molar-refractivity contribution in [1.82, 2.24) is 25.0 Å². The van der Waals surface area contributed by atoms with Gasteiger partial charge in [-0.1, -0.05) is 48.2 Å². The number of rotatable bonds is 6. The van der Waals surface area contributed by atoms with Crippen LogP contribution in [0.4, 0.5) is 4.79 Å². The molecule has 8 heteroatoms. The van der Waals surface area contributed by atoms with Crippen molar-refractivity contribution in [1.29, 1.82) is 0 Å². The van der Waals surface area contributed by atoms with E-state index in [4.69, 9.17) is 0 Å². The van der Waals surface area contributed by atoms with Gasteiger partial charge in [-0.3, -0.25) is 14.3 Å². The maximum Gasteiger partial charge on any atom is 0.324 e. The number of carbonyl (C=O) groups excluding carboxylic acids is 2. The Bertz CT molecular complexity index is 790. The first-order chi connectivity index (χ1) is 12.1. The van der Waals surface area contributed by atoms with Crippen molar-refractivity contribution in [3.05, 3.63) is 43.0 Å². The number of amides is 3. The number of nitrogens with one attached hydrogen (secondary N) is 1. The minimum absolute atomic E-state index is 0.227.